The van der Waals surface area contributed by atoms with Gasteiger partial charge in [-0.05, 0) is 35.7 Å². The average molecular weight is 256 g/mol. The highest BCUT2D eigenvalue weighted by Crippen LogP contribution is 2.24. The van der Waals surface area contributed by atoms with E-state index in [9.17, 15) is 0 Å². The molecular formula is C9H10BrN3O. The van der Waals surface area contributed by atoms with Crippen molar-refractivity contribution in [3.63, 3.8) is 0 Å². The molecule has 5 heteroatoms. The zero-order valence-electron chi connectivity index (χ0n) is 7.68. The van der Waals surface area contributed by atoms with E-state index in [1.54, 1.807) is 0 Å². The molecule has 1 atom stereocenters. The SMILES string of the molecule is Cc1ccc(Br)cc1C(CO)N=[N+]=[N-]. The first-order valence-corrected chi connectivity index (χ1v) is 4.89. The van der Waals surface area contributed by atoms with Gasteiger partial charge in [-0.15, -0.1) is 0 Å². The fourth-order valence-electron chi connectivity index (χ4n) is 1.23. The molecule has 0 fully saturated rings. The van der Waals surface area contributed by atoms with Crippen LogP contribution in [0.2, 0.25) is 0 Å². The summed E-state index contributed by atoms with van der Waals surface area (Å²) >= 11 is 3.33. The highest BCUT2D eigenvalue weighted by atomic mass is 79.9. The molecule has 0 aliphatic carbocycles. The van der Waals surface area contributed by atoms with Gasteiger partial charge in [-0.2, -0.15) is 0 Å². The third-order valence-corrected chi connectivity index (χ3v) is 2.46. The molecule has 1 rings (SSSR count). The van der Waals surface area contributed by atoms with Crippen molar-refractivity contribution in [2.75, 3.05) is 6.61 Å². The predicted molar refractivity (Wildman–Crippen MR) is 57.9 cm³/mol. The molecule has 0 saturated heterocycles. The maximum atomic E-state index is 9.05. The highest BCUT2D eigenvalue weighted by molar-refractivity contribution is 9.10. The molecule has 1 aromatic carbocycles. The fraction of sp³-hybridized carbons (Fsp3) is 0.333. The molecule has 0 saturated carbocycles. The molecule has 4 nitrogen and oxygen atoms in total. The second kappa shape index (κ2) is 5.00. The zero-order valence-corrected chi connectivity index (χ0v) is 9.27. The molecule has 0 aliphatic heterocycles. The van der Waals surface area contributed by atoms with Crippen LogP contribution < -0.4 is 0 Å². The van der Waals surface area contributed by atoms with Crippen molar-refractivity contribution in [1.82, 2.24) is 0 Å². The van der Waals surface area contributed by atoms with E-state index in [0.29, 0.717) is 0 Å². The van der Waals surface area contributed by atoms with Crippen LogP contribution in [0.5, 0.6) is 0 Å². The van der Waals surface area contributed by atoms with Crippen LogP contribution in [0.1, 0.15) is 17.2 Å². The fourth-order valence-corrected chi connectivity index (χ4v) is 1.61. The number of nitrogens with zero attached hydrogens (tertiary/aromatic N) is 3. The van der Waals surface area contributed by atoms with Gasteiger partial charge in [0, 0.05) is 9.38 Å². The number of aliphatic hydroxyl groups is 1. The molecular weight excluding hydrogens is 246 g/mol. The lowest BCUT2D eigenvalue weighted by Gasteiger charge is -2.11. The van der Waals surface area contributed by atoms with Crippen LogP contribution in [-0.2, 0) is 0 Å². The molecule has 74 valence electrons. The Labute approximate surface area is 90.3 Å². The summed E-state index contributed by atoms with van der Waals surface area (Å²) in [5, 5.41) is 12.6. The number of azide groups is 1. The van der Waals surface area contributed by atoms with E-state index in [0.717, 1.165) is 15.6 Å². The predicted octanol–water partition coefficient (Wildman–Crippen LogP) is 3.10. The second-order valence-electron chi connectivity index (χ2n) is 2.90. The number of aliphatic hydroxyl groups excluding tert-OH is 1. The maximum Gasteiger partial charge on any atom is 0.0859 e. The third kappa shape index (κ3) is 2.48. The largest absolute Gasteiger partial charge is 0.396 e. The van der Waals surface area contributed by atoms with Crippen molar-refractivity contribution in [2.45, 2.75) is 13.0 Å². The topological polar surface area (TPSA) is 69.0 Å². The van der Waals surface area contributed by atoms with Crippen LogP contribution in [-0.4, -0.2) is 11.7 Å². The van der Waals surface area contributed by atoms with E-state index in [1.165, 1.54) is 0 Å². The third-order valence-electron chi connectivity index (χ3n) is 1.96. The summed E-state index contributed by atoms with van der Waals surface area (Å²) in [6.07, 6.45) is 0. The van der Waals surface area contributed by atoms with Gasteiger partial charge in [0.1, 0.15) is 0 Å². The van der Waals surface area contributed by atoms with Crippen molar-refractivity contribution in [1.29, 1.82) is 0 Å². The van der Waals surface area contributed by atoms with Gasteiger partial charge in [0.25, 0.3) is 0 Å². The Hall–Kier alpha value is -1.03. The number of aryl methyl sites for hydroxylation is 1. The van der Waals surface area contributed by atoms with Crippen LogP contribution in [0.25, 0.3) is 10.4 Å². The number of hydrogen-bond acceptors (Lipinski definition) is 2. The van der Waals surface area contributed by atoms with Crippen molar-refractivity contribution in [3.8, 4) is 0 Å². The van der Waals surface area contributed by atoms with Crippen LogP contribution in [0, 0.1) is 6.92 Å². The van der Waals surface area contributed by atoms with E-state index < -0.39 is 6.04 Å². The average Bonchev–Trinajstić information content (AvgIpc) is 2.18. The molecule has 0 bridgehead atoms. The first-order valence-electron chi connectivity index (χ1n) is 4.10. The van der Waals surface area contributed by atoms with Gasteiger partial charge in [0.2, 0.25) is 0 Å². The van der Waals surface area contributed by atoms with E-state index in [1.807, 2.05) is 25.1 Å². The van der Waals surface area contributed by atoms with Gasteiger partial charge in [-0.25, -0.2) is 0 Å². The monoisotopic (exact) mass is 255 g/mol. The summed E-state index contributed by atoms with van der Waals surface area (Å²) in [5.41, 5.74) is 10.2. The molecule has 0 spiro atoms. The van der Waals surface area contributed by atoms with Gasteiger partial charge in [0.15, 0.2) is 0 Å². The lowest BCUT2D eigenvalue weighted by Crippen LogP contribution is -2.02. The second-order valence-corrected chi connectivity index (χ2v) is 3.82. The Morgan fingerprint density at radius 2 is 2.36 bits per heavy atom. The number of hydrogen-bond donors (Lipinski definition) is 1. The normalized spacial score (nSPS) is 11.9. The lowest BCUT2D eigenvalue weighted by molar-refractivity contribution is 0.267. The van der Waals surface area contributed by atoms with Crippen molar-refractivity contribution in [3.05, 3.63) is 44.2 Å². The maximum absolute atomic E-state index is 9.05. The first kappa shape index (κ1) is 11.0. The van der Waals surface area contributed by atoms with Crippen LogP contribution in [0.4, 0.5) is 0 Å². The van der Waals surface area contributed by atoms with Crippen molar-refractivity contribution >= 4 is 15.9 Å². The Morgan fingerprint density at radius 3 is 2.93 bits per heavy atom. The molecule has 1 aromatic rings. The first-order chi connectivity index (χ1) is 6.69. The van der Waals surface area contributed by atoms with E-state index in [-0.39, 0.29) is 6.61 Å². The van der Waals surface area contributed by atoms with E-state index in [2.05, 4.69) is 26.0 Å². The smallest absolute Gasteiger partial charge is 0.0859 e. The molecule has 0 amide bonds. The van der Waals surface area contributed by atoms with Crippen molar-refractivity contribution < 1.29 is 5.11 Å². The number of halogens is 1. The minimum absolute atomic E-state index is 0.179. The molecule has 0 radical (unpaired) electrons. The minimum Gasteiger partial charge on any atom is -0.396 e. The molecule has 1 N–H and O–H groups in total. The van der Waals surface area contributed by atoms with Crippen LogP contribution in [0.3, 0.4) is 0 Å². The summed E-state index contributed by atoms with van der Waals surface area (Å²) < 4.78 is 0.907. The molecule has 14 heavy (non-hydrogen) atoms. The van der Waals surface area contributed by atoms with Crippen molar-refractivity contribution in [2.24, 2.45) is 5.11 Å². The van der Waals surface area contributed by atoms with Gasteiger partial charge in [0.05, 0.1) is 12.6 Å². The molecule has 0 aliphatic rings. The van der Waals surface area contributed by atoms with Crippen LogP contribution in [0.15, 0.2) is 27.8 Å². The molecule has 0 heterocycles. The molecule has 0 aromatic heterocycles. The van der Waals surface area contributed by atoms with Gasteiger partial charge >= 0.3 is 0 Å². The van der Waals surface area contributed by atoms with E-state index >= 15 is 0 Å². The number of benzene rings is 1. The Kier molecular flexibility index (Phi) is 3.95. The summed E-state index contributed by atoms with van der Waals surface area (Å²) in [5.74, 6) is 0. The van der Waals surface area contributed by atoms with Crippen LogP contribution >= 0.6 is 15.9 Å². The number of rotatable bonds is 3. The summed E-state index contributed by atoms with van der Waals surface area (Å²) in [4.78, 5) is 2.70. The Balaban J connectivity index is 3.14. The summed E-state index contributed by atoms with van der Waals surface area (Å²) in [7, 11) is 0. The lowest BCUT2D eigenvalue weighted by atomic mass is 10.0. The summed E-state index contributed by atoms with van der Waals surface area (Å²) in [6.45, 7) is 1.73. The molecule has 1 unspecified atom stereocenters. The standard InChI is InChI=1S/C9H10BrN3O/c1-6-2-3-7(10)4-8(6)9(5-14)12-13-11/h2-4,9,14H,5H2,1H3. The van der Waals surface area contributed by atoms with Gasteiger partial charge in [-0.3, -0.25) is 0 Å². The minimum atomic E-state index is -0.502. The quantitative estimate of drug-likeness (QED) is 0.503. The summed E-state index contributed by atoms with van der Waals surface area (Å²) in [6, 6.07) is 5.17. The Bertz CT molecular complexity index is 374. The van der Waals surface area contributed by atoms with Gasteiger partial charge < -0.3 is 5.11 Å². The van der Waals surface area contributed by atoms with Gasteiger partial charge in [-0.1, -0.05) is 27.1 Å². The van der Waals surface area contributed by atoms with E-state index in [4.69, 9.17) is 10.6 Å². The Morgan fingerprint density at radius 1 is 1.64 bits per heavy atom. The highest BCUT2D eigenvalue weighted by Gasteiger charge is 2.10. The zero-order chi connectivity index (χ0) is 10.6.